The van der Waals surface area contributed by atoms with E-state index < -0.39 is 0 Å². The van der Waals surface area contributed by atoms with E-state index in [-0.39, 0.29) is 24.0 Å². The van der Waals surface area contributed by atoms with Crippen LogP contribution in [0.3, 0.4) is 0 Å². The van der Waals surface area contributed by atoms with Crippen molar-refractivity contribution in [2.24, 2.45) is 4.99 Å². The van der Waals surface area contributed by atoms with E-state index >= 15 is 0 Å². The molecule has 1 fully saturated rings. The monoisotopic (exact) mass is 397 g/mol. The molecule has 20 heavy (non-hydrogen) atoms. The second-order valence-electron chi connectivity index (χ2n) is 5.40. The Bertz CT molecular complexity index is 256. The minimum atomic E-state index is 0. The molecule has 0 aliphatic carbocycles. The van der Waals surface area contributed by atoms with Crippen LogP contribution in [0, 0.1) is 0 Å². The van der Waals surface area contributed by atoms with Crippen molar-refractivity contribution in [3.05, 3.63) is 0 Å². The van der Waals surface area contributed by atoms with Crippen LogP contribution in [-0.2, 0) is 4.74 Å². The third kappa shape index (κ3) is 9.00. The van der Waals surface area contributed by atoms with Gasteiger partial charge in [-0.1, -0.05) is 26.2 Å². The van der Waals surface area contributed by atoms with Gasteiger partial charge in [0.1, 0.15) is 0 Å². The Hall–Kier alpha value is -0.0400. The van der Waals surface area contributed by atoms with Crippen LogP contribution >= 0.6 is 24.0 Å². The number of nitrogens with zero attached hydrogens (tertiary/aromatic N) is 1. The number of halogens is 1. The molecule has 1 aliphatic rings. The summed E-state index contributed by atoms with van der Waals surface area (Å²) in [5.41, 5.74) is 0. The number of hydrogen-bond donors (Lipinski definition) is 2. The summed E-state index contributed by atoms with van der Waals surface area (Å²) in [6.45, 7) is 9.15. The van der Waals surface area contributed by atoms with Crippen molar-refractivity contribution in [1.82, 2.24) is 10.6 Å². The van der Waals surface area contributed by atoms with Gasteiger partial charge in [0.15, 0.2) is 5.96 Å². The lowest BCUT2D eigenvalue weighted by molar-refractivity contribution is 0.117. The average molecular weight is 397 g/mol. The molecule has 4 nitrogen and oxygen atoms in total. The van der Waals surface area contributed by atoms with Gasteiger partial charge in [-0.25, -0.2) is 0 Å². The lowest BCUT2D eigenvalue weighted by atomic mass is 10.1. The van der Waals surface area contributed by atoms with E-state index in [0.29, 0.717) is 12.1 Å². The van der Waals surface area contributed by atoms with Gasteiger partial charge < -0.3 is 15.4 Å². The molecular weight excluding hydrogens is 365 g/mol. The highest BCUT2D eigenvalue weighted by Gasteiger charge is 2.15. The summed E-state index contributed by atoms with van der Waals surface area (Å²) >= 11 is 0. The van der Waals surface area contributed by atoms with Gasteiger partial charge in [0.25, 0.3) is 0 Å². The average Bonchev–Trinajstić information content (AvgIpc) is 2.89. The molecule has 2 atom stereocenters. The van der Waals surface area contributed by atoms with E-state index in [1.807, 2.05) is 0 Å². The normalized spacial score (nSPS) is 20.4. The highest BCUT2D eigenvalue weighted by Crippen LogP contribution is 2.11. The van der Waals surface area contributed by atoms with E-state index in [1.165, 1.54) is 32.1 Å². The third-order valence-electron chi connectivity index (χ3n) is 3.45. The number of unbranched alkanes of at least 4 members (excludes halogenated alkanes) is 2. The second kappa shape index (κ2) is 12.7. The molecule has 1 aliphatic heterocycles. The van der Waals surface area contributed by atoms with Crippen LogP contribution in [-0.4, -0.2) is 37.8 Å². The summed E-state index contributed by atoms with van der Waals surface area (Å²) in [5.74, 6) is 0.932. The minimum Gasteiger partial charge on any atom is -0.376 e. The van der Waals surface area contributed by atoms with Crippen LogP contribution in [0.5, 0.6) is 0 Å². The molecule has 120 valence electrons. The van der Waals surface area contributed by atoms with Gasteiger partial charge in [-0.05, 0) is 33.1 Å². The Morgan fingerprint density at radius 1 is 1.35 bits per heavy atom. The molecule has 0 aromatic heterocycles. The van der Waals surface area contributed by atoms with Gasteiger partial charge in [0, 0.05) is 19.2 Å². The molecule has 0 spiro atoms. The largest absolute Gasteiger partial charge is 0.376 e. The maximum absolute atomic E-state index is 5.60. The van der Waals surface area contributed by atoms with Crippen molar-refractivity contribution in [3.8, 4) is 0 Å². The Morgan fingerprint density at radius 2 is 2.15 bits per heavy atom. The second-order valence-corrected chi connectivity index (χ2v) is 5.40. The molecule has 2 unspecified atom stereocenters. The molecule has 1 saturated heterocycles. The molecule has 5 heteroatoms. The Balaban J connectivity index is 0.00000361. The van der Waals surface area contributed by atoms with E-state index in [4.69, 9.17) is 4.74 Å². The fourth-order valence-electron chi connectivity index (χ4n) is 2.31. The summed E-state index contributed by atoms with van der Waals surface area (Å²) in [4.78, 5) is 4.63. The first kappa shape index (κ1) is 20.0. The smallest absolute Gasteiger partial charge is 0.191 e. The first-order chi connectivity index (χ1) is 9.26. The molecule has 0 aromatic rings. The molecule has 2 N–H and O–H groups in total. The topological polar surface area (TPSA) is 45.7 Å². The van der Waals surface area contributed by atoms with Crippen molar-refractivity contribution in [3.63, 3.8) is 0 Å². The fourth-order valence-corrected chi connectivity index (χ4v) is 2.31. The number of rotatable bonds is 8. The van der Waals surface area contributed by atoms with Crippen LogP contribution in [0.2, 0.25) is 0 Å². The number of hydrogen-bond acceptors (Lipinski definition) is 2. The van der Waals surface area contributed by atoms with Gasteiger partial charge >= 0.3 is 0 Å². The van der Waals surface area contributed by atoms with Crippen molar-refractivity contribution in [1.29, 1.82) is 0 Å². The SMILES string of the molecule is CCCCCC(C)NC(=NCC1CCCO1)NCC.I. The van der Waals surface area contributed by atoms with E-state index in [1.54, 1.807) is 0 Å². The standard InChI is InChI=1S/C15H31N3O.HI/c1-4-6-7-9-13(3)18-15(16-5-2)17-12-14-10-8-11-19-14;/h13-14H,4-12H2,1-3H3,(H2,16,17,18);1H. The molecular formula is C15H32IN3O. The number of nitrogens with one attached hydrogen (secondary N) is 2. The zero-order chi connectivity index (χ0) is 13.9. The summed E-state index contributed by atoms with van der Waals surface area (Å²) < 4.78 is 5.60. The van der Waals surface area contributed by atoms with Crippen LogP contribution in [0.15, 0.2) is 4.99 Å². The molecule has 1 heterocycles. The highest BCUT2D eigenvalue weighted by molar-refractivity contribution is 14.0. The molecule has 0 bridgehead atoms. The maximum atomic E-state index is 5.60. The number of guanidine groups is 1. The molecule has 0 saturated carbocycles. The quantitative estimate of drug-likeness (QED) is 0.286. The lowest BCUT2D eigenvalue weighted by Gasteiger charge is -2.18. The van der Waals surface area contributed by atoms with E-state index in [2.05, 4.69) is 36.4 Å². The van der Waals surface area contributed by atoms with E-state index in [9.17, 15) is 0 Å². The maximum Gasteiger partial charge on any atom is 0.191 e. The van der Waals surface area contributed by atoms with Crippen molar-refractivity contribution < 1.29 is 4.74 Å². The first-order valence-corrected chi connectivity index (χ1v) is 7.92. The zero-order valence-corrected chi connectivity index (χ0v) is 15.6. The van der Waals surface area contributed by atoms with Gasteiger partial charge in [0.2, 0.25) is 0 Å². The fraction of sp³-hybridized carbons (Fsp3) is 0.933. The van der Waals surface area contributed by atoms with Crippen LogP contribution < -0.4 is 10.6 Å². The summed E-state index contributed by atoms with van der Waals surface area (Å²) in [5, 5.41) is 6.80. The summed E-state index contributed by atoms with van der Waals surface area (Å²) in [6.07, 6.45) is 7.74. The lowest BCUT2D eigenvalue weighted by Crippen LogP contribution is -2.42. The van der Waals surface area contributed by atoms with Crippen LogP contribution in [0.25, 0.3) is 0 Å². The van der Waals surface area contributed by atoms with E-state index in [0.717, 1.165) is 32.1 Å². The first-order valence-electron chi connectivity index (χ1n) is 7.92. The van der Waals surface area contributed by atoms with Crippen molar-refractivity contribution >= 4 is 29.9 Å². The summed E-state index contributed by atoms with van der Waals surface area (Å²) in [6, 6.07) is 0.480. The Morgan fingerprint density at radius 3 is 2.75 bits per heavy atom. The predicted octanol–water partition coefficient (Wildman–Crippen LogP) is 3.31. The molecule has 0 radical (unpaired) electrons. The van der Waals surface area contributed by atoms with Gasteiger partial charge in [-0.3, -0.25) is 4.99 Å². The predicted molar refractivity (Wildman–Crippen MR) is 97.1 cm³/mol. The van der Waals surface area contributed by atoms with Crippen molar-refractivity contribution in [2.45, 2.75) is 71.4 Å². The minimum absolute atomic E-state index is 0. The zero-order valence-electron chi connectivity index (χ0n) is 13.3. The van der Waals surface area contributed by atoms with Gasteiger partial charge in [-0.15, -0.1) is 24.0 Å². The molecule has 1 rings (SSSR count). The van der Waals surface area contributed by atoms with Gasteiger partial charge in [0.05, 0.1) is 12.6 Å². The third-order valence-corrected chi connectivity index (χ3v) is 3.45. The van der Waals surface area contributed by atoms with Crippen LogP contribution in [0.4, 0.5) is 0 Å². The Kier molecular flexibility index (Phi) is 12.7. The number of ether oxygens (including phenoxy) is 1. The number of aliphatic imine (C=N–C) groups is 1. The van der Waals surface area contributed by atoms with Crippen LogP contribution in [0.1, 0.15) is 59.3 Å². The molecule has 0 aromatic carbocycles. The molecule has 0 amide bonds. The Labute approximate surface area is 141 Å². The van der Waals surface area contributed by atoms with Gasteiger partial charge in [-0.2, -0.15) is 0 Å². The highest BCUT2D eigenvalue weighted by atomic mass is 127. The van der Waals surface area contributed by atoms with Crippen molar-refractivity contribution in [2.75, 3.05) is 19.7 Å². The summed E-state index contributed by atoms with van der Waals surface area (Å²) in [7, 11) is 0.